The van der Waals surface area contributed by atoms with Gasteiger partial charge in [-0.1, -0.05) is 23.9 Å². The lowest BCUT2D eigenvalue weighted by atomic mass is 10.2. The largest absolute Gasteiger partial charge is 0.497 e. The van der Waals surface area contributed by atoms with Crippen LogP contribution in [0, 0.1) is 0 Å². The summed E-state index contributed by atoms with van der Waals surface area (Å²) in [4.78, 5) is 28.1. The number of benzene rings is 1. The van der Waals surface area contributed by atoms with Crippen molar-refractivity contribution in [1.29, 1.82) is 0 Å². The number of ether oxygens (including phenoxy) is 2. The second-order valence-corrected chi connectivity index (χ2v) is 7.86. The molecule has 0 radical (unpaired) electrons. The summed E-state index contributed by atoms with van der Waals surface area (Å²) in [5, 5.41) is 4.45. The Morgan fingerprint density at radius 2 is 2.04 bits per heavy atom. The van der Waals surface area contributed by atoms with Crippen molar-refractivity contribution in [3.8, 4) is 5.75 Å². The summed E-state index contributed by atoms with van der Waals surface area (Å²) < 4.78 is 10.8. The molecule has 1 amide bonds. The summed E-state index contributed by atoms with van der Waals surface area (Å²) in [6, 6.07) is 7.56. The van der Waals surface area contributed by atoms with E-state index in [2.05, 4.69) is 10.3 Å². The van der Waals surface area contributed by atoms with Gasteiger partial charge < -0.3 is 14.8 Å². The quantitative estimate of drug-likeness (QED) is 0.520. The first kappa shape index (κ1) is 20.3. The zero-order valence-electron chi connectivity index (χ0n) is 15.0. The van der Waals surface area contributed by atoms with Crippen LogP contribution in [0.2, 0.25) is 0 Å². The molecule has 0 saturated heterocycles. The molecule has 1 aromatic carbocycles. The van der Waals surface area contributed by atoms with Gasteiger partial charge in [-0.3, -0.25) is 9.59 Å². The van der Waals surface area contributed by atoms with Crippen molar-refractivity contribution < 1.29 is 19.1 Å². The number of thiazole rings is 1. The highest BCUT2D eigenvalue weighted by Crippen LogP contribution is 2.27. The Labute approximate surface area is 161 Å². The van der Waals surface area contributed by atoms with Gasteiger partial charge in [0.2, 0.25) is 5.91 Å². The minimum atomic E-state index is -0.292. The third-order valence-electron chi connectivity index (χ3n) is 3.43. The predicted molar refractivity (Wildman–Crippen MR) is 103 cm³/mol. The average molecular weight is 395 g/mol. The van der Waals surface area contributed by atoms with E-state index in [0.717, 1.165) is 15.7 Å². The van der Waals surface area contributed by atoms with Crippen LogP contribution in [0.15, 0.2) is 34.0 Å². The number of aromatic nitrogens is 1. The van der Waals surface area contributed by atoms with E-state index in [1.54, 1.807) is 14.0 Å². The SMILES string of the molecule is CCOC(=O)Cc1csc(SC(C)C(=O)NCc2ccc(OC)cc2)n1. The van der Waals surface area contributed by atoms with Crippen molar-refractivity contribution in [2.24, 2.45) is 0 Å². The fraction of sp³-hybridized carbons (Fsp3) is 0.389. The van der Waals surface area contributed by atoms with Gasteiger partial charge in [-0.2, -0.15) is 0 Å². The fourth-order valence-electron chi connectivity index (χ4n) is 2.06. The van der Waals surface area contributed by atoms with Gasteiger partial charge in [0.15, 0.2) is 4.34 Å². The first-order valence-corrected chi connectivity index (χ1v) is 9.95. The van der Waals surface area contributed by atoms with Gasteiger partial charge in [0, 0.05) is 11.9 Å². The molecule has 0 aliphatic heterocycles. The van der Waals surface area contributed by atoms with Gasteiger partial charge in [-0.25, -0.2) is 4.98 Å². The van der Waals surface area contributed by atoms with E-state index >= 15 is 0 Å². The van der Waals surface area contributed by atoms with Crippen molar-refractivity contribution >= 4 is 35.0 Å². The van der Waals surface area contributed by atoms with E-state index in [9.17, 15) is 9.59 Å². The molecular formula is C18H22N2O4S2. The van der Waals surface area contributed by atoms with Gasteiger partial charge in [-0.15, -0.1) is 11.3 Å². The molecule has 1 heterocycles. The molecule has 0 bridgehead atoms. The van der Waals surface area contributed by atoms with Gasteiger partial charge in [0.05, 0.1) is 31.1 Å². The maximum absolute atomic E-state index is 12.3. The highest BCUT2D eigenvalue weighted by molar-refractivity contribution is 8.02. The van der Waals surface area contributed by atoms with Crippen molar-refractivity contribution in [1.82, 2.24) is 10.3 Å². The monoisotopic (exact) mass is 394 g/mol. The van der Waals surface area contributed by atoms with Gasteiger partial charge in [-0.05, 0) is 31.5 Å². The second kappa shape index (κ2) is 10.2. The second-order valence-electron chi connectivity index (χ2n) is 5.41. The first-order chi connectivity index (χ1) is 12.5. The van der Waals surface area contributed by atoms with E-state index in [0.29, 0.717) is 18.8 Å². The van der Waals surface area contributed by atoms with Gasteiger partial charge in [0.1, 0.15) is 5.75 Å². The van der Waals surface area contributed by atoms with Crippen LogP contribution in [0.5, 0.6) is 5.75 Å². The summed E-state index contributed by atoms with van der Waals surface area (Å²) in [6.07, 6.45) is 0.156. The van der Waals surface area contributed by atoms with E-state index in [1.807, 2.05) is 36.6 Å². The Morgan fingerprint density at radius 3 is 2.69 bits per heavy atom. The zero-order chi connectivity index (χ0) is 18.9. The Morgan fingerprint density at radius 1 is 1.31 bits per heavy atom. The number of carbonyl (C=O) groups is 2. The van der Waals surface area contributed by atoms with Crippen LogP contribution in [0.25, 0.3) is 0 Å². The maximum Gasteiger partial charge on any atom is 0.311 e. The van der Waals surface area contributed by atoms with Crippen LogP contribution in [0.4, 0.5) is 0 Å². The molecule has 26 heavy (non-hydrogen) atoms. The van der Waals surface area contributed by atoms with Crippen LogP contribution in [0.3, 0.4) is 0 Å². The summed E-state index contributed by atoms with van der Waals surface area (Å²) in [5.41, 5.74) is 1.67. The minimum absolute atomic E-state index is 0.0621. The van der Waals surface area contributed by atoms with Gasteiger partial charge in [0.25, 0.3) is 0 Å². The number of rotatable bonds is 9. The van der Waals surface area contributed by atoms with E-state index in [1.165, 1.54) is 23.1 Å². The molecule has 1 N–H and O–H groups in total. The molecule has 1 aromatic heterocycles. The number of nitrogens with one attached hydrogen (secondary N) is 1. The molecule has 1 atom stereocenters. The Balaban J connectivity index is 1.80. The predicted octanol–water partition coefficient (Wildman–Crippen LogP) is 3.05. The third-order valence-corrected chi connectivity index (χ3v) is 5.55. The van der Waals surface area contributed by atoms with Crippen LogP contribution in [-0.4, -0.2) is 35.8 Å². The van der Waals surface area contributed by atoms with Crippen LogP contribution in [0.1, 0.15) is 25.1 Å². The molecule has 2 rings (SSSR count). The molecular weight excluding hydrogens is 372 g/mol. The number of carbonyl (C=O) groups excluding carboxylic acids is 2. The minimum Gasteiger partial charge on any atom is -0.497 e. The van der Waals surface area contributed by atoms with Gasteiger partial charge >= 0.3 is 5.97 Å². The number of nitrogens with zero attached hydrogens (tertiary/aromatic N) is 1. The van der Waals surface area contributed by atoms with Crippen molar-refractivity contribution in [2.45, 2.75) is 36.4 Å². The van der Waals surface area contributed by atoms with Crippen molar-refractivity contribution in [3.63, 3.8) is 0 Å². The normalized spacial score (nSPS) is 11.7. The number of methoxy groups -OCH3 is 1. The number of esters is 1. The van der Waals surface area contributed by atoms with Crippen LogP contribution < -0.4 is 10.1 Å². The number of hydrogen-bond donors (Lipinski definition) is 1. The summed E-state index contributed by atoms with van der Waals surface area (Å²) in [6.45, 7) is 4.42. The molecule has 140 valence electrons. The maximum atomic E-state index is 12.3. The van der Waals surface area contributed by atoms with Crippen molar-refractivity contribution in [3.05, 3.63) is 40.9 Å². The number of hydrogen-bond acceptors (Lipinski definition) is 7. The molecule has 0 fully saturated rings. The lowest BCUT2D eigenvalue weighted by Gasteiger charge is -2.11. The van der Waals surface area contributed by atoms with Crippen LogP contribution >= 0.6 is 23.1 Å². The lowest BCUT2D eigenvalue weighted by Crippen LogP contribution is -2.30. The first-order valence-electron chi connectivity index (χ1n) is 8.19. The third kappa shape index (κ3) is 6.34. The zero-order valence-corrected chi connectivity index (χ0v) is 16.6. The average Bonchev–Trinajstić information content (AvgIpc) is 3.06. The molecule has 2 aromatic rings. The molecule has 0 aliphatic rings. The van der Waals surface area contributed by atoms with E-state index in [4.69, 9.17) is 9.47 Å². The number of thioether (sulfide) groups is 1. The molecule has 0 aliphatic carbocycles. The number of amides is 1. The van der Waals surface area contributed by atoms with E-state index < -0.39 is 0 Å². The fourth-order valence-corrected chi connectivity index (χ4v) is 4.07. The van der Waals surface area contributed by atoms with Crippen molar-refractivity contribution in [2.75, 3.05) is 13.7 Å². The lowest BCUT2D eigenvalue weighted by molar-refractivity contribution is -0.142. The molecule has 0 spiro atoms. The van der Waals surface area contributed by atoms with E-state index in [-0.39, 0.29) is 23.5 Å². The highest BCUT2D eigenvalue weighted by atomic mass is 32.2. The summed E-state index contributed by atoms with van der Waals surface area (Å²) in [7, 11) is 1.62. The molecule has 8 heteroatoms. The smallest absolute Gasteiger partial charge is 0.311 e. The highest BCUT2D eigenvalue weighted by Gasteiger charge is 2.17. The molecule has 6 nitrogen and oxygen atoms in total. The standard InChI is InChI=1S/C18H22N2O4S2/c1-4-24-16(21)9-14-11-25-18(20-14)26-12(2)17(22)19-10-13-5-7-15(23-3)8-6-13/h5-8,11-12H,4,9-10H2,1-3H3,(H,19,22). The Kier molecular flexibility index (Phi) is 7.93. The molecule has 1 unspecified atom stereocenters. The Bertz CT molecular complexity index is 731. The molecule has 0 saturated carbocycles. The topological polar surface area (TPSA) is 77.5 Å². The Hall–Kier alpha value is -2.06. The van der Waals surface area contributed by atoms with Crippen LogP contribution in [-0.2, 0) is 27.3 Å². The summed E-state index contributed by atoms with van der Waals surface area (Å²) >= 11 is 2.80. The summed E-state index contributed by atoms with van der Waals surface area (Å²) in [5.74, 6) is 0.430.